The van der Waals surface area contributed by atoms with Crippen molar-refractivity contribution in [2.45, 2.75) is 19.3 Å². The molecule has 47 heavy (non-hydrogen) atoms. The minimum absolute atomic E-state index is 0.307. The van der Waals surface area contributed by atoms with Crippen LogP contribution in [0.1, 0.15) is 30.5 Å². The zero-order valence-corrected chi connectivity index (χ0v) is 26.1. The van der Waals surface area contributed by atoms with Gasteiger partial charge in [0.15, 0.2) is 5.82 Å². The van der Waals surface area contributed by atoms with Crippen molar-refractivity contribution < 1.29 is 0 Å². The number of nitriles is 1. The van der Waals surface area contributed by atoms with Crippen LogP contribution in [-0.4, -0.2) is 15.0 Å². The molecule has 222 valence electrons. The van der Waals surface area contributed by atoms with Gasteiger partial charge in [0.1, 0.15) is 0 Å². The smallest absolute Gasteiger partial charge is 0.160 e. The van der Waals surface area contributed by atoms with Crippen LogP contribution in [0.4, 0.5) is 0 Å². The van der Waals surface area contributed by atoms with Crippen molar-refractivity contribution in [3.8, 4) is 73.4 Å². The Morgan fingerprint density at radius 2 is 1.19 bits per heavy atom. The van der Waals surface area contributed by atoms with Crippen LogP contribution in [0.25, 0.3) is 67.3 Å². The van der Waals surface area contributed by atoms with Gasteiger partial charge < -0.3 is 0 Å². The van der Waals surface area contributed by atoms with Crippen molar-refractivity contribution in [2.24, 2.45) is 0 Å². The lowest BCUT2D eigenvalue weighted by atomic mass is 9.79. The molecule has 2 heterocycles. The summed E-state index contributed by atoms with van der Waals surface area (Å²) in [6.07, 6.45) is 3.70. The molecule has 8 rings (SSSR count). The zero-order valence-electron chi connectivity index (χ0n) is 26.1. The summed E-state index contributed by atoms with van der Waals surface area (Å²) in [5.74, 6) is 0.681. The molecular weight excluding hydrogens is 573 g/mol. The maximum absolute atomic E-state index is 9.94. The van der Waals surface area contributed by atoms with E-state index < -0.39 is 0 Å². The predicted molar refractivity (Wildman–Crippen MR) is 189 cm³/mol. The molecule has 0 N–H and O–H groups in total. The van der Waals surface area contributed by atoms with Crippen LogP contribution in [0.2, 0.25) is 0 Å². The summed E-state index contributed by atoms with van der Waals surface area (Å²) in [6.45, 7) is 4.44. The normalized spacial score (nSPS) is 12.6. The summed E-state index contributed by atoms with van der Waals surface area (Å²) in [7, 11) is 0. The summed E-state index contributed by atoms with van der Waals surface area (Å²) < 4.78 is 0. The van der Waals surface area contributed by atoms with E-state index in [1.54, 1.807) is 6.20 Å². The molecule has 0 saturated carbocycles. The van der Waals surface area contributed by atoms with Gasteiger partial charge in [-0.25, -0.2) is 9.97 Å². The van der Waals surface area contributed by atoms with Crippen molar-refractivity contribution in [2.75, 3.05) is 0 Å². The molecule has 0 fully saturated rings. The minimum Gasteiger partial charge on any atom is -0.264 e. The number of hydrogen-bond acceptors (Lipinski definition) is 4. The summed E-state index contributed by atoms with van der Waals surface area (Å²) in [4.78, 5) is 14.6. The highest BCUT2D eigenvalue weighted by Gasteiger charge is 2.37. The van der Waals surface area contributed by atoms with Crippen LogP contribution in [0, 0.1) is 11.3 Å². The largest absolute Gasteiger partial charge is 0.264 e. The van der Waals surface area contributed by atoms with Crippen LogP contribution in [0.3, 0.4) is 0 Å². The summed E-state index contributed by atoms with van der Waals surface area (Å²) >= 11 is 0. The highest BCUT2D eigenvalue weighted by atomic mass is 14.9. The second-order valence-corrected chi connectivity index (χ2v) is 12.5. The molecule has 7 aromatic rings. The second-order valence-electron chi connectivity index (χ2n) is 12.5. The fraction of sp³-hybridized carbons (Fsp3) is 0.0698. The molecule has 5 aromatic carbocycles. The summed E-state index contributed by atoms with van der Waals surface area (Å²) in [5.41, 5.74) is 14.1. The third kappa shape index (κ3) is 4.99. The molecule has 0 amide bonds. The first-order chi connectivity index (χ1) is 23.0. The highest BCUT2D eigenvalue weighted by molar-refractivity contribution is 5.87. The van der Waals surface area contributed by atoms with Crippen molar-refractivity contribution >= 4 is 0 Å². The van der Waals surface area contributed by atoms with E-state index in [1.807, 2.05) is 72.9 Å². The van der Waals surface area contributed by atoms with Gasteiger partial charge in [0, 0.05) is 40.1 Å². The number of nitrogens with zero attached hydrogens (tertiary/aromatic N) is 4. The van der Waals surface area contributed by atoms with E-state index in [4.69, 9.17) is 9.97 Å². The standard InChI is InChI=1S/C43H30N4/c1-43(2)38-24-30(18-19-36(38)37-17-9-15-31(26-44)41(37)43)33-21-34(32-16-10-20-45-27-32)23-35(22-33)40-25-39(28-11-5-3-6-12-28)46-42(47-40)29-13-7-4-8-14-29/h3-25,27H,1-2H3. The van der Waals surface area contributed by atoms with E-state index >= 15 is 0 Å². The molecule has 1 aliphatic carbocycles. The first kappa shape index (κ1) is 28.3. The van der Waals surface area contributed by atoms with Gasteiger partial charge >= 0.3 is 0 Å². The van der Waals surface area contributed by atoms with E-state index in [0.717, 1.165) is 67.0 Å². The maximum Gasteiger partial charge on any atom is 0.160 e. The predicted octanol–water partition coefficient (Wildman–Crippen LogP) is 10.4. The Balaban J connectivity index is 1.33. The lowest BCUT2D eigenvalue weighted by Crippen LogP contribution is -2.16. The fourth-order valence-corrected chi connectivity index (χ4v) is 6.86. The van der Waals surface area contributed by atoms with Crippen molar-refractivity contribution in [3.63, 3.8) is 0 Å². The number of aromatic nitrogens is 3. The number of fused-ring (bicyclic) bond motifs is 3. The third-order valence-corrected chi connectivity index (χ3v) is 9.18. The molecule has 0 atom stereocenters. The van der Waals surface area contributed by atoms with Gasteiger partial charge in [0.25, 0.3) is 0 Å². The van der Waals surface area contributed by atoms with Crippen LogP contribution in [0.5, 0.6) is 0 Å². The van der Waals surface area contributed by atoms with E-state index in [1.165, 1.54) is 11.1 Å². The van der Waals surface area contributed by atoms with Gasteiger partial charge in [-0.3, -0.25) is 4.98 Å². The molecule has 0 radical (unpaired) electrons. The molecule has 4 heteroatoms. The Morgan fingerprint density at radius 1 is 0.532 bits per heavy atom. The van der Waals surface area contributed by atoms with E-state index in [2.05, 4.69) is 91.6 Å². The Hall–Kier alpha value is -6.18. The molecule has 0 spiro atoms. The van der Waals surface area contributed by atoms with E-state index in [0.29, 0.717) is 5.82 Å². The SMILES string of the molecule is CC1(C)c2cc(-c3cc(-c4cccnc4)cc(-c4cc(-c5ccccc5)nc(-c5ccccc5)n4)c3)ccc2-c2cccc(C#N)c21. The molecule has 0 unspecified atom stereocenters. The third-order valence-electron chi connectivity index (χ3n) is 9.18. The van der Waals surface area contributed by atoms with Gasteiger partial charge in [-0.1, -0.05) is 105 Å². The van der Waals surface area contributed by atoms with Gasteiger partial charge in [-0.2, -0.15) is 5.26 Å². The molecule has 2 aromatic heterocycles. The summed E-state index contributed by atoms with van der Waals surface area (Å²) in [6, 6.07) is 48.4. The van der Waals surface area contributed by atoms with Crippen LogP contribution >= 0.6 is 0 Å². The van der Waals surface area contributed by atoms with E-state index in [9.17, 15) is 5.26 Å². The Labute approximate surface area is 274 Å². The quantitative estimate of drug-likeness (QED) is 0.197. The van der Waals surface area contributed by atoms with Crippen LogP contribution in [-0.2, 0) is 5.41 Å². The molecule has 0 saturated heterocycles. The average Bonchev–Trinajstić information content (AvgIpc) is 3.38. The van der Waals surface area contributed by atoms with Gasteiger partial charge in [0.2, 0.25) is 0 Å². The van der Waals surface area contributed by atoms with Crippen molar-refractivity contribution in [1.82, 2.24) is 15.0 Å². The molecular formula is C43H30N4. The topological polar surface area (TPSA) is 62.5 Å². The average molecular weight is 603 g/mol. The number of pyridine rings is 1. The zero-order chi connectivity index (χ0) is 32.0. The minimum atomic E-state index is -0.307. The Morgan fingerprint density at radius 3 is 1.89 bits per heavy atom. The van der Waals surface area contributed by atoms with Crippen molar-refractivity contribution in [3.05, 3.63) is 163 Å². The molecule has 1 aliphatic rings. The first-order valence-electron chi connectivity index (χ1n) is 15.7. The fourth-order valence-electron chi connectivity index (χ4n) is 6.86. The maximum atomic E-state index is 9.94. The Bertz CT molecular complexity index is 2260. The first-order valence-corrected chi connectivity index (χ1v) is 15.7. The highest BCUT2D eigenvalue weighted by Crippen LogP contribution is 2.51. The number of hydrogen-bond donors (Lipinski definition) is 0. The molecule has 0 bridgehead atoms. The second kappa shape index (κ2) is 11.3. The van der Waals surface area contributed by atoms with Gasteiger partial charge in [-0.15, -0.1) is 0 Å². The van der Waals surface area contributed by atoms with Crippen molar-refractivity contribution in [1.29, 1.82) is 5.26 Å². The number of benzene rings is 5. The summed E-state index contributed by atoms with van der Waals surface area (Å²) in [5, 5.41) is 9.94. The molecule has 0 aliphatic heterocycles. The number of rotatable bonds is 5. The Kier molecular flexibility index (Phi) is 6.82. The van der Waals surface area contributed by atoms with E-state index in [-0.39, 0.29) is 5.41 Å². The van der Waals surface area contributed by atoms with Crippen LogP contribution in [0.15, 0.2) is 146 Å². The lowest BCUT2D eigenvalue weighted by Gasteiger charge is -2.23. The lowest BCUT2D eigenvalue weighted by molar-refractivity contribution is 0.658. The van der Waals surface area contributed by atoms with Crippen LogP contribution < -0.4 is 0 Å². The monoisotopic (exact) mass is 602 g/mol. The molecule has 4 nitrogen and oxygen atoms in total. The van der Waals surface area contributed by atoms with Gasteiger partial charge in [0.05, 0.1) is 23.0 Å². The van der Waals surface area contributed by atoms with Gasteiger partial charge in [-0.05, 0) is 81.4 Å².